The average Bonchev–Trinajstić information content (AvgIpc) is 2.53. The van der Waals surface area contributed by atoms with E-state index in [0.29, 0.717) is 12.3 Å². The van der Waals surface area contributed by atoms with Crippen molar-refractivity contribution in [2.45, 2.75) is 6.10 Å². The average molecular weight is 297 g/mol. The number of hydrogen-bond donors (Lipinski definition) is 0. The lowest BCUT2D eigenvalue weighted by Crippen LogP contribution is -2.50. The Morgan fingerprint density at radius 3 is 2.76 bits per heavy atom. The molecule has 0 spiro atoms. The largest absolute Gasteiger partial charge is 0.484 e. The Labute approximate surface area is 121 Å². The first-order chi connectivity index (χ1) is 10.1. The molecule has 6 nitrogen and oxygen atoms in total. The fourth-order valence-electron chi connectivity index (χ4n) is 1.92. The van der Waals surface area contributed by atoms with E-state index in [9.17, 15) is 14.0 Å². The zero-order valence-corrected chi connectivity index (χ0v) is 11.6. The highest BCUT2D eigenvalue weighted by atomic mass is 19.1. The lowest BCUT2D eigenvalue weighted by molar-refractivity contribution is -0.163. The first-order valence-electron chi connectivity index (χ1n) is 6.45. The van der Waals surface area contributed by atoms with Crippen molar-refractivity contribution in [3.8, 4) is 5.75 Å². The van der Waals surface area contributed by atoms with Gasteiger partial charge in [-0.05, 0) is 24.3 Å². The van der Waals surface area contributed by atoms with Gasteiger partial charge >= 0.3 is 5.97 Å². The number of rotatable bonds is 4. The van der Waals surface area contributed by atoms with E-state index in [1.165, 1.54) is 36.3 Å². The molecule has 1 amide bonds. The van der Waals surface area contributed by atoms with E-state index in [4.69, 9.17) is 9.47 Å². The van der Waals surface area contributed by atoms with Crippen molar-refractivity contribution >= 4 is 11.9 Å². The van der Waals surface area contributed by atoms with Crippen LogP contribution in [0.1, 0.15) is 0 Å². The number of hydrogen-bond acceptors (Lipinski definition) is 5. The molecule has 1 aliphatic heterocycles. The summed E-state index contributed by atoms with van der Waals surface area (Å²) < 4.78 is 27.8. The molecule has 1 aromatic carbocycles. The van der Waals surface area contributed by atoms with Gasteiger partial charge in [-0.2, -0.15) is 0 Å². The Balaban J connectivity index is 1.85. The molecule has 0 aliphatic carbocycles. The van der Waals surface area contributed by atoms with Crippen molar-refractivity contribution in [2.24, 2.45) is 0 Å². The molecule has 1 unspecified atom stereocenters. The monoisotopic (exact) mass is 297 g/mol. The molecule has 7 heteroatoms. The van der Waals surface area contributed by atoms with Crippen molar-refractivity contribution in [1.29, 1.82) is 0 Å². The van der Waals surface area contributed by atoms with E-state index >= 15 is 0 Å². The third-order valence-electron chi connectivity index (χ3n) is 3.06. The van der Waals surface area contributed by atoms with Crippen LogP contribution in [0, 0.1) is 5.82 Å². The number of morpholine rings is 1. The number of amides is 1. The smallest absolute Gasteiger partial charge is 0.336 e. The van der Waals surface area contributed by atoms with E-state index in [1.54, 1.807) is 0 Å². The van der Waals surface area contributed by atoms with Crippen LogP contribution in [0.15, 0.2) is 24.3 Å². The normalized spacial score (nSPS) is 18.2. The summed E-state index contributed by atoms with van der Waals surface area (Å²) in [6, 6.07) is 5.39. The molecule has 114 valence electrons. The van der Waals surface area contributed by atoms with E-state index in [2.05, 4.69) is 4.74 Å². The van der Waals surface area contributed by atoms with E-state index < -0.39 is 12.1 Å². The predicted molar refractivity (Wildman–Crippen MR) is 70.2 cm³/mol. The van der Waals surface area contributed by atoms with Crippen LogP contribution in [0.5, 0.6) is 5.75 Å². The Morgan fingerprint density at radius 2 is 2.10 bits per heavy atom. The van der Waals surface area contributed by atoms with Gasteiger partial charge in [0.1, 0.15) is 11.6 Å². The zero-order valence-electron chi connectivity index (χ0n) is 11.6. The van der Waals surface area contributed by atoms with Gasteiger partial charge in [-0.25, -0.2) is 9.18 Å². The molecule has 0 saturated carbocycles. The molecule has 0 aromatic heterocycles. The van der Waals surface area contributed by atoms with Crippen LogP contribution >= 0.6 is 0 Å². The van der Waals surface area contributed by atoms with Gasteiger partial charge in [0.25, 0.3) is 5.91 Å². The molecule has 1 atom stereocenters. The Morgan fingerprint density at radius 1 is 1.38 bits per heavy atom. The van der Waals surface area contributed by atoms with Crippen LogP contribution in [-0.4, -0.2) is 56.3 Å². The molecule has 21 heavy (non-hydrogen) atoms. The van der Waals surface area contributed by atoms with Crippen molar-refractivity contribution in [3.63, 3.8) is 0 Å². The summed E-state index contributed by atoms with van der Waals surface area (Å²) in [6.07, 6.45) is -0.765. The fourth-order valence-corrected chi connectivity index (χ4v) is 1.92. The lowest BCUT2D eigenvalue weighted by Gasteiger charge is -2.31. The Kier molecular flexibility index (Phi) is 5.10. The number of carbonyl (C=O) groups is 2. The standard InChI is InChI=1S/C14H16FNO5/c1-19-14(18)12-8-16(6-7-20-12)13(17)9-21-11-4-2-10(15)3-5-11/h2-5,12H,6-9H2,1H3. The topological polar surface area (TPSA) is 65.1 Å². The van der Waals surface area contributed by atoms with E-state index in [0.717, 1.165) is 0 Å². The van der Waals surface area contributed by atoms with Gasteiger partial charge in [-0.3, -0.25) is 4.79 Å². The second kappa shape index (κ2) is 7.03. The van der Waals surface area contributed by atoms with E-state index in [-0.39, 0.29) is 31.5 Å². The zero-order chi connectivity index (χ0) is 15.2. The highest BCUT2D eigenvalue weighted by Crippen LogP contribution is 2.12. The minimum Gasteiger partial charge on any atom is -0.484 e. The first kappa shape index (κ1) is 15.2. The Bertz CT molecular complexity index is 505. The van der Waals surface area contributed by atoms with Gasteiger partial charge in [-0.1, -0.05) is 0 Å². The minimum atomic E-state index is -0.765. The second-order valence-corrected chi connectivity index (χ2v) is 4.46. The summed E-state index contributed by atoms with van der Waals surface area (Å²) in [4.78, 5) is 24.9. The van der Waals surface area contributed by atoms with Gasteiger partial charge in [0.15, 0.2) is 12.7 Å². The maximum Gasteiger partial charge on any atom is 0.336 e. The molecule has 1 heterocycles. The van der Waals surface area contributed by atoms with Crippen LogP contribution in [-0.2, 0) is 19.1 Å². The molecule has 0 bridgehead atoms. The molecule has 2 rings (SSSR count). The number of benzene rings is 1. The van der Waals surface area contributed by atoms with Crippen molar-refractivity contribution < 1.29 is 28.2 Å². The molecule has 0 radical (unpaired) electrons. The highest BCUT2D eigenvalue weighted by Gasteiger charge is 2.29. The quantitative estimate of drug-likeness (QED) is 0.762. The fraction of sp³-hybridized carbons (Fsp3) is 0.429. The summed E-state index contributed by atoms with van der Waals surface area (Å²) >= 11 is 0. The number of methoxy groups -OCH3 is 1. The molecule has 1 aromatic rings. The summed E-state index contributed by atoms with van der Waals surface area (Å²) in [7, 11) is 1.27. The van der Waals surface area contributed by atoms with Gasteiger partial charge in [-0.15, -0.1) is 0 Å². The number of nitrogens with zero attached hydrogens (tertiary/aromatic N) is 1. The summed E-state index contributed by atoms with van der Waals surface area (Å²) in [5.41, 5.74) is 0. The summed E-state index contributed by atoms with van der Waals surface area (Å²) in [6.45, 7) is 0.610. The van der Waals surface area contributed by atoms with E-state index in [1.807, 2.05) is 0 Å². The van der Waals surface area contributed by atoms with Gasteiger partial charge in [0.2, 0.25) is 0 Å². The molecule has 0 N–H and O–H groups in total. The highest BCUT2D eigenvalue weighted by molar-refractivity contribution is 5.80. The van der Waals surface area contributed by atoms with Crippen molar-refractivity contribution in [3.05, 3.63) is 30.1 Å². The first-order valence-corrected chi connectivity index (χ1v) is 6.45. The number of esters is 1. The van der Waals surface area contributed by atoms with Crippen LogP contribution in [0.3, 0.4) is 0 Å². The lowest BCUT2D eigenvalue weighted by atomic mass is 10.2. The molecule has 1 fully saturated rings. The third-order valence-corrected chi connectivity index (χ3v) is 3.06. The van der Waals surface area contributed by atoms with Crippen molar-refractivity contribution in [1.82, 2.24) is 4.90 Å². The molecular formula is C14H16FNO5. The van der Waals surface area contributed by atoms with Gasteiger partial charge < -0.3 is 19.1 Å². The number of halogens is 1. The van der Waals surface area contributed by atoms with Gasteiger partial charge in [0.05, 0.1) is 20.3 Å². The van der Waals surface area contributed by atoms with Crippen molar-refractivity contribution in [2.75, 3.05) is 33.4 Å². The molecule has 1 aliphatic rings. The Hall–Kier alpha value is -2.15. The summed E-state index contributed by atoms with van der Waals surface area (Å²) in [5, 5.41) is 0. The number of ether oxygens (including phenoxy) is 3. The van der Waals surface area contributed by atoms with Crippen LogP contribution in [0.2, 0.25) is 0 Å². The van der Waals surface area contributed by atoms with Crippen LogP contribution < -0.4 is 4.74 Å². The maximum absolute atomic E-state index is 12.7. The SMILES string of the molecule is COC(=O)C1CN(C(=O)COc2ccc(F)cc2)CCO1. The third kappa shape index (κ3) is 4.16. The predicted octanol–water partition coefficient (Wildman–Crippen LogP) is 0.605. The van der Waals surface area contributed by atoms with Crippen LogP contribution in [0.25, 0.3) is 0 Å². The van der Waals surface area contributed by atoms with Crippen LogP contribution in [0.4, 0.5) is 4.39 Å². The molecular weight excluding hydrogens is 281 g/mol. The maximum atomic E-state index is 12.7. The molecule has 1 saturated heterocycles. The van der Waals surface area contributed by atoms with Gasteiger partial charge in [0, 0.05) is 6.54 Å². The summed E-state index contributed by atoms with van der Waals surface area (Å²) in [5.74, 6) is -0.742. The second-order valence-electron chi connectivity index (χ2n) is 4.46. The minimum absolute atomic E-state index is 0.137. The number of carbonyl (C=O) groups excluding carboxylic acids is 2.